The van der Waals surface area contributed by atoms with Crippen molar-refractivity contribution in [1.82, 2.24) is 4.98 Å². The minimum absolute atomic E-state index is 0.0314. The van der Waals surface area contributed by atoms with E-state index < -0.39 is 11.8 Å². The maximum atomic E-state index is 11.6. The normalized spacial score (nSPS) is 11.6. The standard InChI is InChI=1S/C17H17NO5/c1-10(2)23-15-7-6-11(12-5-4-8-18-16(12)15)13(19)9-14(20)17(21)22-3/h4-10,19H,1-3H3/b13-9+. The van der Waals surface area contributed by atoms with Gasteiger partial charge in [-0.25, -0.2) is 4.79 Å². The van der Waals surface area contributed by atoms with Gasteiger partial charge >= 0.3 is 5.97 Å². The zero-order valence-electron chi connectivity index (χ0n) is 13.1. The maximum Gasteiger partial charge on any atom is 0.378 e. The number of aromatic nitrogens is 1. The molecule has 6 nitrogen and oxygen atoms in total. The fraction of sp³-hybridized carbons (Fsp3) is 0.235. The van der Waals surface area contributed by atoms with Gasteiger partial charge in [-0.1, -0.05) is 6.07 Å². The molecule has 0 fully saturated rings. The number of carbonyl (C=O) groups excluding carboxylic acids is 2. The van der Waals surface area contributed by atoms with Crippen LogP contribution in [0.5, 0.6) is 5.75 Å². The topological polar surface area (TPSA) is 85.7 Å². The zero-order valence-corrected chi connectivity index (χ0v) is 13.1. The van der Waals surface area contributed by atoms with Gasteiger partial charge in [0.1, 0.15) is 17.0 Å². The van der Waals surface area contributed by atoms with Crippen molar-refractivity contribution in [2.24, 2.45) is 0 Å². The summed E-state index contributed by atoms with van der Waals surface area (Å²) in [6.45, 7) is 3.80. The van der Waals surface area contributed by atoms with Gasteiger partial charge in [0.2, 0.25) is 0 Å². The molecule has 23 heavy (non-hydrogen) atoms. The van der Waals surface area contributed by atoms with Crippen molar-refractivity contribution in [1.29, 1.82) is 0 Å². The van der Waals surface area contributed by atoms with Gasteiger partial charge in [-0.3, -0.25) is 9.78 Å². The Hall–Kier alpha value is -2.89. The van der Waals surface area contributed by atoms with E-state index in [1.54, 1.807) is 30.5 Å². The molecule has 2 rings (SSSR count). The maximum absolute atomic E-state index is 11.6. The number of methoxy groups -OCH3 is 1. The number of nitrogens with zero attached hydrogens (tertiary/aromatic N) is 1. The van der Waals surface area contributed by atoms with E-state index in [0.29, 0.717) is 22.2 Å². The number of esters is 1. The molecule has 0 aliphatic rings. The average Bonchev–Trinajstić information content (AvgIpc) is 2.53. The van der Waals surface area contributed by atoms with Crippen LogP contribution in [0.2, 0.25) is 0 Å². The molecule has 1 aromatic carbocycles. The van der Waals surface area contributed by atoms with Crippen molar-refractivity contribution < 1.29 is 24.2 Å². The Labute approximate surface area is 133 Å². The first-order chi connectivity index (χ1) is 10.9. The van der Waals surface area contributed by atoms with Gasteiger partial charge in [0.25, 0.3) is 5.78 Å². The fourth-order valence-electron chi connectivity index (χ4n) is 2.08. The Morgan fingerprint density at radius 2 is 2.00 bits per heavy atom. The molecule has 0 spiro atoms. The van der Waals surface area contributed by atoms with Crippen molar-refractivity contribution in [3.05, 3.63) is 42.1 Å². The Kier molecular flexibility index (Phi) is 4.95. The summed E-state index contributed by atoms with van der Waals surface area (Å²) in [5.74, 6) is -1.75. The van der Waals surface area contributed by atoms with Crippen molar-refractivity contribution in [2.75, 3.05) is 7.11 Å². The van der Waals surface area contributed by atoms with Crippen molar-refractivity contribution in [2.45, 2.75) is 20.0 Å². The van der Waals surface area contributed by atoms with Crippen molar-refractivity contribution in [3.8, 4) is 5.75 Å². The molecule has 0 bridgehead atoms. The van der Waals surface area contributed by atoms with Crippen LogP contribution >= 0.6 is 0 Å². The van der Waals surface area contributed by atoms with Crippen molar-refractivity contribution >= 4 is 28.4 Å². The van der Waals surface area contributed by atoms with E-state index in [1.807, 2.05) is 13.8 Å². The van der Waals surface area contributed by atoms with E-state index in [9.17, 15) is 14.7 Å². The first-order valence-electron chi connectivity index (χ1n) is 7.01. The first-order valence-corrected chi connectivity index (χ1v) is 7.01. The van der Waals surface area contributed by atoms with E-state index >= 15 is 0 Å². The van der Waals surface area contributed by atoms with Crippen LogP contribution in [-0.4, -0.2) is 35.1 Å². The highest BCUT2D eigenvalue weighted by atomic mass is 16.5. The first kappa shape index (κ1) is 16.5. The van der Waals surface area contributed by atoms with E-state index in [-0.39, 0.29) is 11.9 Å². The molecule has 0 radical (unpaired) electrons. The fourth-order valence-corrected chi connectivity index (χ4v) is 2.08. The second-order valence-corrected chi connectivity index (χ2v) is 5.06. The second-order valence-electron chi connectivity index (χ2n) is 5.06. The van der Waals surface area contributed by atoms with Gasteiger partial charge in [-0.05, 0) is 32.0 Å². The summed E-state index contributed by atoms with van der Waals surface area (Å²) in [6.07, 6.45) is 2.41. The number of hydrogen-bond acceptors (Lipinski definition) is 6. The minimum atomic E-state index is -1.04. The predicted molar refractivity (Wildman–Crippen MR) is 85.1 cm³/mol. The molecule has 0 amide bonds. The third kappa shape index (κ3) is 3.66. The summed E-state index contributed by atoms with van der Waals surface area (Å²) in [5, 5.41) is 10.8. The Balaban J connectivity index is 2.52. The highest BCUT2D eigenvalue weighted by Crippen LogP contribution is 2.30. The second kappa shape index (κ2) is 6.91. The summed E-state index contributed by atoms with van der Waals surface area (Å²) in [7, 11) is 1.10. The zero-order chi connectivity index (χ0) is 17.0. The smallest absolute Gasteiger partial charge is 0.378 e. The van der Waals surface area contributed by atoms with Crippen LogP contribution in [0.3, 0.4) is 0 Å². The van der Waals surface area contributed by atoms with Crippen LogP contribution in [0, 0.1) is 0 Å². The van der Waals surface area contributed by atoms with Crippen LogP contribution in [0.4, 0.5) is 0 Å². The molecule has 0 saturated carbocycles. The molecular weight excluding hydrogens is 298 g/mol. The molecule has 0 saturated heterocycles. The predicted octanol–water partition coefficient (Wildman–Crippen LogP) is 2.66. The Bertz CT molecular complexity index is 780. The van der Waals surface area contributed by atoms with Gasteiger partial charge < -0.3 is 14.6 Å². The van der Waals surface area contributed by atoms with E-state index in [1.165, 1.54) is 0 Å². The summed E-state index contributed by atoms with van der Waals surface area (Å²) in [4.78, 5) is 27.0. The summed E-state index contributed by atoms with van der Waals surface area (Å²) < 4.78 is 10.0. The number of pyridine rings is 1. The molecule has 1 heterocycles. The number of benzene rings is 1. The number of aliphatic hydroxyl groups is 1. The number of fused-ring (bicyclic) bond motifs is 1. The number of ketones is 1. The van der Waals surface area contributed by atoms with Crippen LogP contribution in [0.1, 0.15) is 19.4 Å². The van der Waals surface area contributed by atoms with Crippen molar-refractivity contribution in [3.63, 3.8) is 0 Å². The lowest BCUT2D eigenvalue weighted by atomic mass is 10.0. The van der Waals surface area contributed by atoms with E-state index in [2.05, 4.69) is 9.72 Å². The van der Waals surface area contributed by atoms with Gasteiger partial charge in [0.05, 0.1) is 13.2 Å². The van der Waals surface area contributed by atoms with Crippen LogP contribution in [0.15, 0.2) is 36.5 Å². The highest BCUT2D eigenvalue weighted by molar-refractivity contribution is 6.39. The van der Waals surface area contributed by atoms with Gasteiger partial charge in [-0.2, -0.15) is 0 Å². The van der Waals surface area contributed by atoms with Crippen LogP contribution in [-0.2, 0) is 14.3 Å². The summed E-state index contributed by atoms with van der Waals surface area (Å²) >= 11 is 0. The minimum Gasteiger partial charge on any atom is -0.507 e. The molecule has 2 aromatic rings. The van der Waals surface area contributed by atoms with Gasteiger partial charge in [0, 0.05) is 23.2 Å². The molecule has 1 N–H and O–H groups in total. The number of rotatable bonds is 5. The van der Waals surface area contributed by atoms with E-state index in [4.69, 9.17) is 4.74 Å². The molecule has 0 aliphatic heterocycles. The SMILES string of the molecule is COC(=O)C(=O)/C=C(/O)c1ccc(OC(C)C)c2ncccc12. The molecule has 0 atom stereocenters. The lowest BCUT2D eigenvalue weighted by Gasteiger charge is -2.13. The number of carbonyl (C=O) groups is 2. The number of ether oxygens (including phenoxy) is 2. The third-order valence-electron chi connectivity index (χ3n) is 3.03. The summed E-state index contributed by atoms with van der Waals surface area (Å²) in [6, 6.07) is 6.73. The van der Waals surface area contributed by atoms with Crippen LogP contribution < -0.4 is 4.74 Å². The lowest BCUT2D eigenvalue weighted by Crippen LogP contribution is -2.13. The molecule has 1 aromatic heterocycles. The highest BCUT2D eigenvalue weighted by Gasteiger charge is 2.16. The molecular formula is C17H17NO5. The summed E-state index contributed by atoms with van der Waals surface area (Å²) in [5.41, 5.74) is 0.936. The monoisotopic (exact) mass is 315 g/mol. The Morgan fingerprint density at radius 1 is 1.26 bits per heavy atom. The largest absolute Gasteiger partial charge is 0.507 e. The van der Waals surface area contributed by atoms with E-state index in [0.717, 1.165) is 13.2 Å². The lowest BCUT2D eigenvalue weighted by molar-refractivity contribution is -0.149. The quantitative estimate of drug-likeness (QED) is 0.395. The molecule has 6 heteroatoms. The molecule has 0 aliphatic carbocycles. The van der Waals surface area contributed by atoms with Gasteiger partial charge in [-0.15, -0.1) is 0 Å². The molecule has 120 valence electrons. The number of aliphatic hydroxyl groups excluding tert-OH is 1. The number of hydrogen-bond donors (Lipinski definition) is 1. The Morgan fingerprint density at radius 3 is 2.65 bits per heavy atom. The third-order valence-corrected chi connectivity index (χ3v) is 3.03. The van der Waals surface area contributed by atoms with Crippen LogP contribution in [0.25, 0.3) is 16.7 Å². The average molecular weight is 315 g/mol. The van der Waals surface area contributed by atoms with Gasteiger partial charge in [0.15, 0.2) is 0 Å². The molecule has 0 unspecified atom stereocenters.